The molecule has 20 heavy (non-hydrogen) atoms. The van der Waals surface area contributed by atoms with Gasteiger partial charge in [-0.2, -0.15) is 11.8 Å². The number of aliphatic carboxylic acids is 1. The summed E-state index contributed by atoms with van der Waals surface area (Å²) in [5.74, 6) is -0.676. The van der Waals surface area contributed by atoms with Crippen molar-refractivity contribution in [2.75, 3.05) is 12.0 Å². The number of benzene rings is 1. The maximum Gasteiger partial charge on any atom is 0.326 e. The Kier molecular flexibility index (Phi) is 4.68. The van der Waals surface area contributed by atoms with Gasteiger partial charge in [0, 0.05) is 22.7 Å². The fraction of sp³-hybridized carbons (Fsp3) is 0.286. The first-order valence-electron chi connectivity index (χ1n) is 6.21. The Labute approximate surface area is 120 Å². The van der Waals surface area contributed by atoms with E-state index in [1.807, 2.05) is 18.4 Å². The number of hydrogen-bond acceptors (Lipinski definition) is 3. The standard InChI is InChI=1S/C14H16N2O3S/c1-20-7-5-12(14(18)19)16-13(17)10-2-3-11-9(8-10)4-6-15-11/h2-4,6,8,12,15H,5,7H2,1H3,(H,16,17)(H,18,19). The van der Waals surface area contributed by atoms with Gasteiger partial charge in [0.2, 0.25) is 0 Å². The molecule has 1 heterocycles. The van der Waals surface area contributed by atoms with Crippen molar-refractivity contribution in [3.63, 3.8) is 0 Å². The second kappa shape index (κ2) is 6.47. The molecule has 0 bridgehead atoms. The van der Waals surface area contributed by atoms with Crippen LogP contribution in [0.5, 0.6) is 0 Å². The highest BCUT2D eigenvalue weighted by atomic mass is 32.2. The van der Waals surface area contributed by atoms with Crippen LogP contribution in [0.3, 0.4) is 0 Å². The van der Waals surface area contributed by atoms with Crippen molar-refractivity contribution in [3.05, 3.63) is 36.0 Å². The number of carboxylic acids is 1. The van der Waals surface area contributed by atoms with Crippen molar-refractivity contribution < 1.29 is 14.7 Å². The maximum absolute atomic E-state index is 12.1. The van der Waals surface area contributed by atoms with E-state index in [1.165, 1.54) is 0 Å². The van der Waals surface area contributed by atoms with Crippen LogP contribution in [0.15, 0.2) is 30.5 Å². The number of hydrogen-bond donors (Lipinski definition) is 3. The van der Waals surface area contributed by atoms with Gasteiger partial charge < -0.3 is 15.4 Å². The molecule has 0 spiro atoms. The number of carbonyl (C=O) groups is 2. The lowest BCUT2D eigenvalue weighted by atomic mass is 10.1. The number of H-pyrrole nitrogens is 1. The lowest BCUT2D eigenvalue weighted by Gasteiger charge is -2.14. The first-order chi connectivity index (χ1) is 9.61. The fourth-order valence-electron chi connectivity index (χ4n) is 1.93. The molecule has 0 aliphatic carbocycles. The molecular formula is C14H16N2O3S. The molecule has 5 nitrogen and oxygen atoms in total. The summed E-state index contributed by atoms with van der Waals surface area (Å²) in [6.07, 6.45) is 4.11. The first kappa shape index (κ1) is 14.5. The molecule has 0 saturated heterocycles. The number of carboxylic acid groups (broad SMARTS) is 1. The minimum Gasteiger partial charge on any atom is -0.480 e. The molecule has 0 saturated carbocycles. The molecular weight excluding hydrogens is 276 g/mol. The molecule has 3 N–H and O–H groups in total. The zero-order valence-electron chi connectivity index (χ0n) is 11.1. The zero-order valence-corrected chi connectivity index (χ0v) is 11.9. The molecule has 0 fully saturated rings. The Balaban J connectivity index is 2.10. The largest absolute Gasteiger partial charge is 0.480 e. The van der Waals surface area contributed by atoms with E-state index in [2.05, 4.69) is 10.3 Å². The third kappa shape index (κ3) is 3.33. The summed E-state index contributed by atoms with van der Waals surface area (Å²) in [5, 5.41) is 12.6. The van der Waals surface area contributed by atoms with Crippen molar-refractivity contribution in [3.8, 4) is 0 Å². The molecule has 0 aliphatic rings. The smallest absolute Gasteiger partial charge is 0.326 e. The molecule has 2 rings (SSSR count). The van der Waals surface area contributed by atoms with Gasteiger partial charge in [-0.1, -0.05) is 0 Å². The van der Waals surface area contributed by atoms with Crippen LogP contribution in [-0.2, 0) is 4.79 Å². The second-order valence-corrected chi connectivity index (χ2v) is 5.41. The van der Waals surface area contributed by atoms with Gasteiger partial charge in [-0.3, -0.25) is 4.79 Å². The van der Waals surface area contributed by atoms with Crippen molar-refractivity contribution in [2.24, 2.45) is 0 Å². The average molecular weight is 292 g/mol. The van der Waals surface area contributed by atoms with Gasteiger partial charge in [0.15, 0.2) is 0 Å². The van der Waals surface area contributed by atoms with Crippen molar-refractivity contribution in [2.45, 2.75) is 12.5 Å². The van der Waals surface area contributed by atoms with E-state index >= 15 is 0 Å². The summed E-state index contributed by atoms with van der Waals surface area (Å²) in [7, 11) is 0. The molecule has 1 unspecified atom stereocenters. The number of aromatic amines is 1. The van der Waals surface area contributed by atoms with Crippen LogP contribution in [-0.4, -0.2) is 40.0 Å². The van der Waals surface area contributed by atoms with Gasteiger partial charge in [0.1, 0.15) is 6.04 Å². The highest BCUT2D eigenvalue weighted by Gasteiger charge is 2.20. The first-order valence-corrected chi connectivity index (χ1v) is 7.61. The quantitative estimate of drug-likeness (QED) is 0.761. The summed E-state index contributed by atoms with van der Waals surface area (Å²) in [6.45, 7) is 0. The van der Waals surface area contributed by atoms with E-state index < -0.39 is 12.0 Å². The van der Waals surface area contributed by atoms with Crippen molar-refractivity contribution in [1.82, 2.24) is 10.3 Å². The summed E-state index contributed by atoms with van der Waals surface area (Å²) in [4.78, 5) is 26.3. The van der Waals surface area contributed by atoms with Crippen LogP contribution in [0, 0.1) is 0 Å². The lowest BCUT2D eigenvalue weighted by Crippen LogP contribution is -2.41. The summed E-state index contributed by atoms with van der Waals surface area (Å²) >= 11 is 1.55. The average Bonchev–Trinajstić information content (AvgIpc) is 2.90. The normalized spacial score (nSPS) is 12.2. The number of fused-ring (bicyclic) bond motifs is 1. The van der Waals surface area contributed by atoms with E-state index in [0.29, 0.717) is 17.7 Å². The van der Waals surface area contributed by atoms with Crippen molar-refractivity contribution in [1.29, 1.82) is 0 Å². The van der Waals surface area contributed by atoms with E-state index in [9.17, 15) is 9.59 Å². The number of nitrogens with one attached hydrogen (secondary N) is 2. The minimum atomic E-state index is -1.00. The second-order valence-electron chi connectivity index (χ2n) is 4.43. The van der Waals surface area contributed by atoms with E-state index in [-0.39, 0.29) is 5.91 Å². The van der Waals surface area contributed by atoms with Gasteiger partial charge in [0.05, 0.1) is 0 Å². The molecule has 106 valence electrons. The van der Waals surface area contributed by atoms with Gasteiger partial charge in [-0.05, 0) is 42.7 Å². The summed E-state index contributed by atoms with van der Waals surface area (Å²) < 4.78 is 0. The predicted molar refractivity (Wildman–Crippen MR) is 80.2 cm³/mol. The number of rotatable bonds is 6. The number of aromatic nitrogens is 1. The Hall–Kier alpha value is -1.95. The molecule has 1 amide bonds. The molecule has 0 aliphatic heterocycles. The van der Waals surface area contributed by atoms with Crippen LogP contribution in [0.2, 0.25) is 0 Å². The third-order valence-corrected chi connectivity index (χ3v) is 3.67. The van der Waals surface area contributed by atoms with Crippen LogP contribution in [0.25, 0.3) is 10.9 Å². The molecule has 1 aromatic heterocycles. The molecule has 2 aromatic rings. The van der Waals surface area contributed by atoms with Crippen LogP contribution < -0.4 is 5.32 Å². The van der Waals surface area contributed by atoms with Gasteiger partial charge in [-0.15, -0.1) is 0 Å². The topological polar surface area (TPSA) is 82.2 Å². The maximum atomic E-state index is 12.1. The van der Waals surface area contributed by atoms with Gasteiger partial charge in [0.25, 0.3) is 5.91 Å². The third-order valence-electron chi connectivity index (χ3n) is 3.03. The van der Waals surface area contributed by atoms with Crippen LogP contribution >= 0.6 is 11.8 Å². The van der Waals surface area contributed by atoms with Crippen molar-refractivity contribution >= 4 is 34.5 Å². The molecule has 6 heteroatoms. The molecule has 0 radical (unpaired) electrons. The Bertz CT molecular complexity index is 624. The Morgan fingerprint density at radius 2 is 2.20 bits per heavy atom. The van der Waals surface area contributed by atoms with Crippen LogP contribution in [0.1, 0.15) is 16.8 Å². The van der Waals surface area contributed by atoms with E-state index in [1.54, 1.807) is 30.1 Å². The van der Waals surface area contributed by atoms with Crippen LogP contribution in [0.4, 0.5) is 0 Å². The minimum absolute atomic E-state index is 0.360. The zero-order chi connectivity index (χ0) is 14.5. The number of thioether (sulfide) groups is 1. The predicted octanol–water partition coefficient (Wildman–Crippen LogP) is 2.10. The lowest BCUT2D eigenvalue weighted by molar-refractivity contribution is -0.139. The number of amides is 1. The highest BCUT2D eigenvalue weighted by Crippen LogP contribution is 2.14. The van der Waals surface area contributed by atoms with Gasteiger partial charge in [-0.25, -0.2) is 4.79 Å². The molecule has 1 atom stereocenters. The SMILES string of the molecule is CSCCC(NC(=O)c1ccc2[nH]ccc2c1)C(=O)O. The fourth-order valence-corrected chi connectivity index (χ4v) is 2.40. The molecule has 1 aromatic carbocycles. The van der Waals surface area contributed by atoms with Gasteiger partial charge >= 0.3 is 5.97 Å². The summed E-state index contributed by atoms with van der Waals surface area (Å²) in [6, 6.07) is 6.25. The number of carbonyl (C=O) groups excluding carboxylic acids is 1. The monoisotopic (exact) mass is 292 g/mol. The Morgan fingerprint density at radius 3 is 2.90 bits per heavy atom. The Morgan fingerprint density at radius 1 is 1.40 bits per heavy atom. The van der Waals surface area contributed by atoms with E-state index in [4.69, 9.17) is 5.11 Å². The summed E-state index contributed by atoms with van der Waals surface area (Å²) in [5.41, 5.74) is 1.41. The highest BCUT2D eigenvalue weighted by molar-refractivity contribution is 7.98. The van der Waals surface area contributed by atoms with E-state index in [0.717, 1.165) is 10.9 Å².